The molecule has 0 bridgehead atoms. The Labute approximate surface area is 114 Å². The molecule has 19 heavy (non-hydrogen) atoms. The van der Waals surface area contributed by atoms with Crippen LogP contribution in [-0.4, -0.2) is 17.0 Å². The second kappa shape index (κ2) is 5.67. The Morgan fingerprint density at radius 1 is 1.21 bits per heavy atom. The average molecular weight is 275 g/mol. The lowest BCUT2D eigenvalue weighted by atomic mass is 10.1. The summed E-state index contributed by atoms with van der Waals surface area (Å²) in [4.78, 5) is 23.8. The van der Waals surface area contributed by atoms with Gasteiger partial charge in [0.25, 0.3) is 5.91 Å². The summed E-state index contributed by atoms with van der Waals surface area (Å²) in [5.74, 6) is -1.45. The predicted octanol–water partition coefficient (Wildman–Crippen LogP) is 2.61. The molecule has 0 saturated heterocycles. The van der Waals surface area contributed by atoms with Crippen molar-refractivity contribution in [1.82, 2.24) is 5.32 Å². The molecule has 1 aromatic carbocycles. The van der Waals surface area contributed by atoms with Crippen LogP contribution in [0.15, 0.2) is 41.8 Å². The van der Waals surface area contributed by atoms with Crippen molar-refractivity contribution in [3.05, 3.63) is 57.8 Å². The molecule has 2 rings (SSSR count). The van der Waals surface area contributed by atoms with Crippen molar-refractivity contribution in [3.63, 3.8) is 0 Å². The molecule has 98 valence electrons. The summed E-state index contributed by atoms with van der Waals surface area (Å²) >= 11 is 1.30. The minimum absolute atomic E-state index is 0.388. The van der Waals surface area contributed by atoms with Crippen LogP contribution in [0.1, 0.15) is 26.8 Å². The number of aliphatic carboxylic acids is 1. The molecule has 1 unspecified atom stereocenters. The van der Waals surface area contributed by atoms with Gasteiger partial charge in [0.15, 0.2) is 6.04 Å². The lowest BCUT2D eigenvalue weighted by Gasteiger charge is -2.13. The summed E-state index contributed by atoms with van der Waals surface area (Å²) in [5, 5.41) is 13.5. The lowest BCUT2D eigenvalue weighted by molar-refractivity contribution is -0.139. The fraction of sp³-hybridized carbons (Fsp3) is 0.143. The number of hydrogen-bond donors (Lipinski definition) is 2. The zero-order valence-electron chi connectivity index (χ0n) is 10.3. The highest BCUT2D eigenvalue weighted by Gasteiger charge is 2.23. The number of benzene rings is 1. The van der Waals surface area contributed by atoms with Crippen LogP contribution in [0.2, 0.25) is 0 Å². The summed E-state index contributed by atoms with van der Waals surface area (Å²) < 4.78 is 0. The van der Waals surface area contributed by atoms with Crippen molar-refractivity contribution in [3.8, 4) is 0 Å². The fourth-order valence-electron chi connectivity index (χ4n) is 1.63. The topological polar surface area (TPSA) is 66.4 Å². The van der Waals surface area contributed by atoms with Crippen molar-refractivity contribution in [1.29, 1.82) is 0 Å². The normalized spacial score (nSPS) is 11.8. The molecule has 0 aliphatic carbocycles. The zero-order valence-corrected chi connectivity index (χ0v) is 11.1. The Bertz CT molecular complexity index is 575. The van der Waals surface area contributed by atoms with Gasteiger partial charge in [-0.25, -0.2) is 4.79 Å². The molecule has 1 atom stereocenters. The van der Waals surface area contributed by atoms with E-state index in [-0.39, 0.29) is 5.91 Å². The second-order valence-corrected chi connectivity index (χ2v) is 5.11. The molecule has 1 heterocycles. The quantitative estimate of drug-likeness (QED) is 0.901. The number of hydrogen-bond acceptors (Lipinski definition) is 3. The number of amides is 1. The third-order valence-corrected chi connectivity index (χ3v) is 3.60. The van der Waals surface area contributed by atoms with Crippen LogP contribution in [0.5, 0.6) is 0 Å². The first kappa shape index (κ1) is 13.3. The van der Waals surface area contributed by atoms with Crippen LogP contribution in [0, 0.1) is 6.92 Å². The summed E-state index contributed by atoms with van der Waals surface area (Å²) in [6.07, 6.45) is 0. The van der Waals surface area contributed by atoms with Crippen molar-refractivity contribution >= 4 is 23.2 Å². The van der Waals surface area contributed by atoms with E-state index in [4.69, 9.17) is 0 Å². The highest BCUT2D eigenvalue weighted by atomic mass is 32.1. The van der Waals surface area contributed by atoms with Crippen molar-refractivity contribution in [2.45, 2.75) is 13.0 Å². The molecule has 2 N–H and O–H groups in total. The monoisotopic (exact) mass is 275 g/mol. The van der Waals surface area contributed by atoms with E-state index < -0.39 is 12.0 Å². The van der Waals surface area contributed by atoms with Crippen LogP contribution in [0.25, 0.3) is 0 Å². The number of rotatable bonds is 4. The Morgan fingerprint density at radius 2 is 1.89 bits per heavy atom. The van der Waals surface area contributed by atoms with E-state index in [0.717, 1.165) is 5.56 Å². The zero-order chi connectivity index (χ0) is 13.8. The average Bonchev–Trinajstić information content (AvgIpc) is 2.89. The molecule has 0 aliphatic rings. The minimum Gasteiger partial charge on any atom is -0.479 e. The first-order valence-electron chi connectivity index (χ1n) is 5.71. The fourth-order valence-corrected chi connectivity index (χ4v) is 2.40. The van der Waals surface area contributed by atoms with Crippen molar-refractivity contribution in [2.24, 2.45) is 0 Å². The van der Waals surface area contributed by atoms with E-state index in [0.29, 0.717) is 10.4 Å². The number of carbonyl (C=O) groups excluding carboxylic acids is 1. The van der Waals surface area contributed by atoms with Gasteiger partial charge in [0.1, 0.15) is 0 Å². The van der Waals surface area contributed by atoms with E-state index in [1.54, 1.807) is 29.6 Å². The number of thiophene rings is 1. The van der Waals surface area contributed by atoms with Gasteiger partial charge < -0.3 is 10.4 Å². The van der Waals surface area contributed by atoms with Crippen LogP contribution >= 0.6 is 11.3 Å². The number of aryl methyl sites for hydroxylation is 1. The summed E-state index contributed by atoms with van der Waals surface area (Å²) in [6, 6.07) is 9.43. The molecule has 1 amide bonds. The van der Waals surface area contributed by atoms with Gasteiger partial charge in [-0.1, -0.05) is 23.8 Å². The number of carboxylic acids is 1. The molecule has 0 radical (unpaired) electrons. The summed E-state index contributed by atoms with van der Waals surface area (Å²) in [7, 11) is 0. The molecule has 0 fully saturated rings. The van der Waals surface area contributed by atoms with Gasteiger partial charge in [0.05, 0.1) is 0 Å². The summed E-state index contributed by atoms with van der Waals surface area (Å²) in [5.41, 5.74) is 1.50. The van der Waals surface area contributed by atoms with E-state index in [1.807, 2.05) is 19.1 Å². The van der Waals surface area contributed by atoms with Gasteiger partial charge in [0.2, 0.25) is 0 Å². The van der Waals surface area contributed by atoms with Gasteiger partial charge >= 0.3 is 5.97 Å². The number of carboxylic acid groups (broad SMARTS) is 1. The Morgan fingerprint density at radius 3 is 2.42 bits per heavy atom. The Kier molecular flexibility index (Phi) is 3.97. The SMILES string of the molecule is Cc1ccc(C(=O)NC(C(=O)O)c2cccs2)cc1. The molecular weight excluding hydrogens is 262 g/mol. The first-order valence-corrected chi connectivity index (χ1v) is 6.59. The molecule has 0 saturated carbocycles. The van der Waals surface area contributed by atoms with Gasteiger partial charge in [-0.2, -0.15) is 0 Å². The largest absolute Gasteiger partial charge is 0.479 e. The molecule has 4 nitrogen and oxygen atoms in total. The smallest absolute Gasteiger partial charge is 0.331 e. The molecule has 0 spiro atoms. The third kappa shape index (κ3) is 3.20. The number of nitrogens with one attached hydrogen (secondary N) is 1. The third-order valence-electron chi connectivity index (χ3n) is 2.66. The minimum atomic E-state index is -1.07. The van der Waals surface area contributed by atoms with E-state index >= 15 is 0 Å². The summed E-state index contributed by atoms with van der Waals surface area (Å²) in [6.45, 7) is 1.92. The van der Waals surface area contributed by atoms with E-state index in [2.05, 4.69) is 5.32 Å². The molecule has 5 heteroatoms. The maximum absolute atomic E-state index is 12.0. The van der Waals surface area contributed by atoms with Gasteiger partial charge in [-0.3, -0.25) is 4.79 Å². The van der Waals surface area contributed by atoms with Crippen molar-refractivity contribution < 1.29 is 14.7 Å². The molecule has 0 aliphatic heterocycles. The van der Waals surface area contributed by atoms with Gasteiger partial charge in [0, 0.05) is 10.4 Å². The Balaban J connectivity index is 2.16. The van der Waals surface area contributed by atoms with Gasteiger partial charge in [-0.15, -0.1) is 11.3 Å². The first-order chi connectivity index (χ1) is 9.08. The van der Waals surface area contributed by atoms with Crippen molar-refractivity contribution in [2.75, 3.05) is 0 Å². The standard InChI is InChI=1S/C14H13NO3S/c1-9-4-6-10(7-5-9)13(16)15-12(14(17)18)11-3-2-8-19-11/h2-8,12H,1H3,(H,15,16)(H,17,18). The van der Waals surface area contributed by atoms with Crippen LogP contribution in [-0.2, 0) is 4.79 Å². The molecular formula is C14H13NO3S. The van der Waals surface area contributed by atoms with E-state index in [1.165, 1.54) is 11.3 Å². The number of carbonyl (C=O) groups is 2. The predicted molar refractivity (Wildman–Crippen MR) is 73.3 cm³/mol. The maximum atomic E-state index is 12.0. The second-order valence-electron chi connectivity index (χ2n) is 4.13. The van der Waals surface area contributed by atoms with E-state index in [9.17, 15) is 14.7 Å². The van der Waals surface area contributed by atoms with Crippen LogP contribution in [0.4, 0.5) is 0 Å². The highest BCUT2D eigenvalue weighted by Crippen LogP contribution is 2.19. The maximum Gasteiger partial charge on any atom is 0.331 e. The lowest BCUT2D eigenvalue weighted by Crippen LogP contribution is -2.33. The molecule has 1 aromatic heterocycles. The van der Waals surface area contributed by atoms with Crippen LogP contribution < -0.4 is 5.32 Å². The highest BCUT2D eigenvalue weighted by molar-refractivity contribution is 7.10. The van der Waals surface area contributed by atoms with Crippen LogP contribution in [0.3, 0.4) is 0 Å². The Hall–Kier alpha value is -2.14. The molecule has 2 aromatic rings. The van der Waals surface area contributed by atoms with Gasteiger partial charge in [-0.05, 0) is 30.5 Å².